The van der Waals surface area contributed by atoms with Crippen LogP contribution in [-0.4, -0.2) is 28.0 Å². The molecule has 5 nitrogen and oxygen atoms in total. The summed E-state index contributed by atoms with van der Waals surface area (Å²) in [5.41, 5.74) is 0.116. The van der Waals surface area contributed by atoms with Crippen molar-refractivity contribution in [3.05, 3.63) is 77.5 Å². The van der Waals surface area contributed by atoms with Crippen LogP contribution in [0.2, 0.25) is 0 Å². The first-order chi connectivity index (χ1) is 13.2. The van der Waals surface area contributed by atoms with E-state index in [0.29, 0.717) is 10.9 Å². The molecule has 2 N–H and O–H groups in total. The molecule has 0 radical (unpaired) electrons. The van der Waals surface area contributed by atoms with Crippen LogP contribution < -0.4 is 5.32 Å². The van der Waals surface area contributed by atoms with Gasteiger partial charge in [0.25, 0.3) is 5.91 Å². The second-order valence-electron chi connectivity index (χ2n) is 6.18. The summed E-state index contributed by atoms with van der Waals surface area (Å²) < 4.78 is 38.5. The number of carboxylic acid groups (broad SMARTS) is 1. The summed E-state index contributed by atoms with van der Waals surface area (Å²) in [6, 6.07) is 11.6. The summed E-state index contributed by atoms with van der Waals surface area (Å²) in [4.78, 5) is 28.1. The molecule has 3 rings (SSSR count). The van der Waals surface area contributed by atoms with Crippen molar-refractivity contribution in [2.45, 2.75) is 18.6 Å². The lowest BCUT2D eigenvalue weighted by atomic mass is 10.0. The van der Waals surface area contributed by atoms with Crippen LogP contribution in [-0.2, 0) is 17.4 Å². The van der Waals surface area contributed by atoms with E-state index in [9.17, 15) is 27.9 Å². The van der Waals surface area contributed by atoms with E-state index in [4.69, 9.17) is 0 Å². The van der Waals surface area contributed by atoms with E-state index in [-0.39, 0.29) is 17.5 Å². The Hall–Kier alpha value is -3.42. The summed E-state index contributed by atoms with van der Waals surface area (Å²) >= 11 is 0. The van der Waals surface area contributed by atoms with E-state index >= 15 is 0 Å². The minimum Gasteiger partial charge on any atom is -0.480 e. The average molecular weight is 388 g/mol. The molecule has 0 aliphatic heterocycles. The molecular formula is C20H15F3N2O3. The number of alkyl halides is 3. The number of benzene rings is 2. The maximum Gasteiger partial charge on any atom is 0.416 e. The van der Waals surface area contributed by atoms with Crippen molar-refractivity contribution >= 4 is 22.8 Å². The second-order valence-corrected chi connectivity index (χ2v) is 6.18. The quantitative estimate of drug-likeness (QED) is 0.699. The van der Waals surface area contributed by atoms with Crippen LogP contribution in [0.15, 0.2) is 60.8 Å². The Kier molecular flexibility index (Phi) is 5.30. The molecule has 0 spiro atoms. The zero-order valence-electron chi connectivity index (χ0n) is 14.4. The third kappa shape index (κ3) is 4.46. The second kappa shape index (κ2) is 7.67. The number of carboxylic acids is 1. The minimum absolute atomic E-state index is 0.152. The topological polar surface area (TPSA) is 79.3 Å². The fourth-order valence-electron chi connectivity index (χ4n) is 2.75. The van der Waals surface area contributed by atoms with E-state index in [1.54, 1.807) is 30.3 Å². The molecule has 0 fully saturated rings. The van der Waals surface area contributed by atoms with Crippen LogP contribution in [0.4, 0.5) is 13.2 Å². The number of fused-ring (bicyclic) bond motifs is 1. The number of amides is 1. The first-order valence-electron chi connectivity index (χ1n) is 8.28. The Bertz CT molecular complexity index is 1030. The van der Waals surface area contributed by atoms with Gasteiger partial charge in [0.1, 0.15) is 6.04 Å². The van der Waals surface area contributed by atoms with Crippen LogP contribution in [0.5, 0.6) is 0 Å². The van der Waals surface area contributed by atoms with Crippen molar-refractivity contribution in [2.75, 3.05) is 0 Å². The normalized spacial score (nSPS) is 12.5. The van der Waals surface area contributed by atoms with Gasteiger partial charge in [-0.15, -0.1) is 0 Å². The fraction of sp³-hybridized carbons (Fsp3) is 0.150. The van der Waals surface area contributed by atoms with E-state index in [1.807, 2.05) is 0 Å². The van der Waals surface area contributed by atoms with E-state index in [0.717, 1.165) is 12.1 Å². The van der Waals surface area contributed by atoms with E-state index < -0.39 is 29.7 Å². The molecule has 2 aromatic carbocycles. The van der Waals surface area contributed by atoms with Crippen molar-refractivity contribution in [3.63, 3.8) is 0 Å². The number of carbonyl (C=O) groups is 2. The number of carbonyl (C=O) groups excluding carboxylic acids is 1. The molecule has 0 aliphatic rings. The number of nitrogens with one attached hydrogen (secondary N) is 1. The zero-order chi connectivity index (χ0) is 20.3. The molecule has 1 heterocycles. The Balaban J connectivity index is 1.79. The van der Waals surface area contributed by atoms with Gasteiger partial charge < -0.3 is 10.4 Å². The largest absolute Gasteiger partial charge is 0.480 e. The molecular weight excluding hydrogens is 373 g/mol. The third-order valence-corrected chi connectivity index (χ3v) is 4.15. The van der Waals surface area contributed by atoms with Crippen LogP contribution in [0.1, 0.15) is 21.5 Å². The van der Waals surface area contributed by atoms with Crippen LogP contribution in [0, 0.1) is 0 Å². The maximum atomic E-state index is 12.8. The summed E-state index contributed by atoms with van der Waals surface area (Å²) in [6.45, 7) is 0. The molecule has 1 atom stereocenters. The third-order valence-electron chi connectivity index (χ3n) is 4.15. The number of hydrogen-bond acceptors (Lipinski definition) is 3. The minimum atomic E-state index is -4.53. The van der Waals surface area contributed by atoms with E-state index in [2.05, 4.69) is 10.3 Å². The molecule has 1 aromatic heterocycles. The number of rotatable bonds is 5. The zero-order valence-corrected chi connectivity index (χ0v) is 14.4. The molecule has 1 amide bonds. The van der Waals surface area contributed by atoms with Gasteiger partial charge in [0.15, 0.2) is 0 Å². The highest BCUT2D eigenvalue weighted by molar-refractivity contribution is 5.99. The van der Waals surface area contributed by atoms with Crippen molar-refractivity contribution in [2.24, 2.45) is 0 Å². The molecule has 144 valence electrons. The van der Waals surface area contributed by atoms with Gasteiger partial charge in [-0.05, 0) is 23.8 Å². The summed E-state index contributed by atoms with van der Waals surface area (Å²) in [5, 5.41) is 12.4. The predicted octanol–water partition coefficient (Wildman–Crippen LogP) is 3.68. The predicted molar refractivity (Wildman–Crippen MR) is 95.8 cm³/mol. The molecule has 0 aliphatic carbocycles. The average Bonchev–Trinajstić information content (AvgIpc) is 2.66. The van der Waals surface area contributed by atoms with E-state index in [1.165, 1.54) is 18.3 Å². The number of hydrogen-bond donors (Lipinski definition) is 2. The van der Waals surface area contributed by atoms with Gasteiger partial charge in [0.05, 0.1) is 16.6 Å². The van der Waals surface area contributed by atoms with Gasteiger partial charge in [0.2, 0.25) is 0 Å². The number of halogens is 3. The number of aromatic nitrogens is 1. The highest BCUT2D eigenvalue weighted by Gasteiger charge is 2.31. The molecule has 8 heteroatoms. The molecule has 3 aromatic rings. The van der Waals surface area contributed by atoms with Gasteiger partial charge in [0, 0.05) is 18.0 Å². The molecule has 0 saturated heterocycles. The Labute approximate surface area is 157 Å². The standard InChI is InChI=1S/C20H15F3N2O3/c21-20(22,23)15-6-3-4-12(8-15)9-17(19(27)28)25-18(26)14-10-13-5-1-2-7-16(13)24-11-14/h1-8,10-11,17H,9H2,(H,25,26)(H,27,28)/t17-/m1/s1. The van der Waals surface area contributed by atoms with Crippen molar-refractivity contribution in [3.8, 4) is 0 Å². The SMILES string of the molecule is O=C(N[C@H](Cc1cccc(C(F)(F)F)c1)C(=O)O)c1cnc2ccccc2c1. The highest BCUT2D eigenvalue weighted by atomic mass is 19.4. The Morgan fingerprint density at radius 2 is 1.82 bits per heavy atom. The van der Waals surface area contributed by atoms with Gasteiger partial charge in [-0.25, -0.2) is 4.79 Å². The lowest BCUT2D eigenvalue weighted by Gasteiger charge is -2.16. The van der Waals surface area contributed by atoms with Gasteiger partial charge in [-0.1, -0.05) is 36.4 Å². The summed E-state index contributed by atoms with van der Waals surface area (Å²) in [7, 11) is 0. The van der Waals surface area contributed by atoms with Crippen LogP contribution in [0.3, 0.4) is 0 Å². The van der Waals surface area contributed by atoms with Crippen molar-refractivity contribution in [1.82, 2.24) is 10.3 Å². The van der Waals surface area contributed by atoms with Gasteiger partial charge >= 0.3 is 12.1 Å². The van der Waals surface area contributed by atoms with Crippen LogP contribution >= 0.6 is 0 Å². The number of pyridine rings is 1. The van der Waals surface area contributed by atoms with Gasteiger partial charge in [-0.2, -0.15) is 13.2 Å². The lowest BCUT2D eigenvalue weighted by Crippen LogP contribution is -2.42. The smallest absolute Gasteiger partial charge is 0.416 e. The van der Waals surface area contributed by atoms with Crippen molar-refractivity contribution < 1.29 is 27.9 Å². The van der Waals surface area contributed by atoms with Crippen molar-refractivity contribution in [1.29, 1.82) is 0 Å². The summed E-state index contributed by atoms with van der Waals surface area (Å²) in [6.07, 6.45) is -3.50. The Morgan fingerprint density at radius 1 is 1.07 bits per heavy atom. The lowest BCUT2D eigenvalue weighted by molar-refractivity contribution is -0.139. The fourth-order valence-corrected chi connectivity index (χ4v) is 2.75. The Morgan fingerprint density at radius 3 is 2.54 bits per heavy atom. The molecule has 0 unspecified atom stereocenters. The maximum absolute atomic E-state index is 12.8. The highest BCUT2D eigenvalue weighted by Crippen LogP contribution is 2.29. The number of nitrogens with zero attached hydrogens (tertiary/aromatic N) is 1. The van der Waals surface area contributed by atoms with Crippen LogP contribution in [0.25, 0.3) is 10.9 Å². The first-order valence-corrected chi connectivity index (χ1v) is 8.28. The first kappa shape index (κ1) is 19.3. The molecule has 0 bridgehead atoms. The monoisotopic (exact) mass is 388 g/mol. The molecule has 28 heavy (non-hydrogen) atoms. The molecule has 0 saturated carbocycles. The number of para-hydroxylation sites is 1. The van der Waals surface area contributed by atoms with Gasteiger partial charge in [-0.3, -0.25) is 9.78 Å². The number of aliphatic carboxylic acids is 1. The summed E-state index contributed by atoms with van der Waals surface area (Å²) in [5.74, 6) is -2.02.